The molecular weight excluding hydrogens is 363 g/mol. The molecule has 0 aliphatic heterocycles. The maximum atomic E-state index is 9.85. The van der Waals surface area contributed by atoms with Gasteiger partial charge in [0.25, 0.3) is 0 Å². The molecule has 0 aromatic carbocycles. The summed E-state index contributed by atoms with van der Waals surface area (Å²) in [5.74, 6) is -2.75. The van der Waals surface area contributed by atoms with Crippen LogP contribution in [0.25, 0.3) is 0 Å². The van der Waals surface area contributed by atoms with E-state index in [1.165, 1.54) is 0 Å². The van der Waals surface area contributed by atoms with Crippen LogP contribution in [-0.2, 0) is 18.3 Å². The summed E-state index contributed by atoms with van der Waals surface area (Å²) in [6, 6.07) is 0. The number of hydrogen-bond acceptors (Lipinski definition) is 4. The van der Waals surface area contributed by atoms with E-state index >= 15 is 0 Å². The quantitative estimate of drug-likeness (QED) is 0.196. The van der Waals surface area contributed by atoms with Crippen molar-refractivity contribution >= 4 is 59.9 Å². The van der Waals surface area contributed by atoms with Crippen LogP contribution < -0.4 is 0 Å². The molecular formula is C2H13NaO12P4. The summed E-state index contributed by atoms with van der Waals surface area (Å²) in [6.45, 7) is 0. The first kappa shape index (κ1) is 25.5. The monoisotopic (exact) mass is 376 g/mol. The molecule has 0 aliphatic rings. The van der Waals surface area contributed by atoms with Gasteiger partial charge in [0, 0.05) is 0 Å². The Labute approximate surface area is 129 Å². The van der Waals surface area contributed by atoms with Crippen molar-refractivity contribution in [1.29, 1.82) is 0 Å². The van der Waals surface area contributed by atoms with E-state index in [-0.39, 0.29) is 29.6 Å². The second-order valence-electron chi connectivity index (χ2n) is 2.94. The summed E-state index contributed by atoms with van der Waals surface area (Å²) in [4.78, 5) is 63.8. The standard InChI is InChI=1S/2CH6O6P2.Na.H/c2*2-8(3,4)1-9(5,6)7;;/h2*1H2,(H2,2,3,4)(H2,5,6,7);;. The Morgan fingerprint density at radius 3 is 0.579 bits per heavy atom. The van der Waals surface area contributed by atoms with Gasteiger partial charge >= 0.3 is 59.9 Å². The van der Waals surface area contributed by atoms with Crippen molar-refractivity contribution < 1.29 is 57.4 Å². The van der Waals surface area contributed by atoms with Crippen molar-refractivity contribution in [3.8, 4) is 0 Å². The molecule has 0 fully saturated rings. The molecule has 0 aromatic heterocycles. The van der Waals surface area contributed by atoms with Crippen LogP contribution in [-0.4, -0.2) is 80.5 Å². The molecule has 12 nitrogen and oxygen atoms in total. The SMILES string of the molecule is O=P(O)(O)CP(=O)(O)O.O=P(O)(O)CP(=O)(O)O.[NaH]. The fourth-order valence-electron chi connectivity index (χ4n) is 0.480. The second-order valence-corrected chi connectivity index (χ2v) is 10.5. The predicted octanol–water partition coefficient (Wildman–Crippen LogP) is -2.05. The van der Waals surface area contributed by atoms with Crippen molar-refractivity contribution in [2.24, 2.45) is 0 Å². The Kier molecular flexibility index (Phi) is 12.0. The molecule has 0 bridgehead atoms. The summed E-state index contributed by atoms with van der Waals surface area (Å²) in [7, 11) is -18.2. The third-order valence-electron chi connectivity index (χ3n) is 0.737. The first-order valence-corrected chi connectivity index (χ1v) is 10.8. The zero-order valence-corrected chi connectivity index (χ0v) is 12.0. The van der Waals surface area contributed by atoms with E-state index in [9.17, 15) is 18.3 Å². The Hall–Kier alpha value is 1.60. The van der Waals surface area contributed by atoms with E-state index in [4.69, 9.17) is 39.1 Å². The Bertz CT molecular complexity index is 351. The van der Waals surface area contributed by atoms with Crippen molar-refractivity contribution in [3.05, 3.63) is 0 Å². The van der Waals surface area contributed by atoms with Crippen LogP contribution in [0.2, 0.25) is 0 Å². The predicted molar refractivity (Wildman–Crippen MR) is 65.1 cm³/mol. The second kappa shape index (κ2) is 8.90. The van der Waals surface area contributed by atoms with E-state index in [1.54, 1.807) is 0 Å². The molecule has 0 radical (unpaired) electrons. The van der Waals surface area contributed by atoms with Gasteiger partial charge in [0.2, 0.25) is 0 Å². The van der Waals surface area contributed by atoms with Crippen molar-refractivity contribution in [3.63, 3.8) is 0 Å². The molecule has 0 saturated heterocycles. The van der Waals surface area contributed by atoms with Gasteiger partial charge in [-0.1, -0.05) is 0 Å². The van der Waals surface area contributed by atoms with E-state index in [0.29, 0.717) is 0 Å². The molecule has 0 aromatic rings. The average molecular weight is 376 g/mol. The fraction of sp³-hybridized carbons (Fsp3) is 1.00. The first-order chi connectivity index (χ1) is 7.41. The third kappa shape index (κ3) is 32.8. The van der Waals surface area contributed by atoms with Crippen LogP contribution in [0.4, 0.5) is 0 Å². The first-order valence-electron chi connectivity index (χ1n) is 3.60. The minimum absolute atomic E-state index is 0. The average Bonchev–Trinajstić information content (AvgIpc) is 1.64. The molecule has 19 heavy (non-hydrogen) atoms. The van der Waals surface area contributed by atoms with Crippen molar-refractivity contribution in [2.45, 2.75) is 0 Å². The molecule has 17 heteroatoms. The summed E-state index contributed by atoms with van der Waals surface area (Å²) in [6.07, 6.45) is 0. The van der Waals surface area contributed by atoms with Gasteiger partial charge in [-0.3, -0.25) is 18.3 Å². The zero-order chi connectivity index (χ0) is 15.4. The molecule has 0 saturated carbocycles. The van der Waals surface area contributed by atoms with E-state index < -0.39 is 42.2 Å². The molecule has 114 valence electrons. The van der Waals surface area contributed by atoms with Gasteiger partial charge in [0.1, 0.15) is 0 Å². The van der Waals surface area contributed by atoms with Gasteiger partial charge in [0.05, 0.1) is 0 Å². The van der Waals surface area contributed by atoms with Crippen molar-refractivity contribution in [1.82, 2.24) is 0 Å². The summed E-state index contributed by atoms with van der Waals surface area (Å²) >= 11 is 0. The number of rotatable bonds is 4. The van der Waals surface area contributed by atoms with Crippen LogP contribution >= 0.6 is 30.4 Å². The van der Waals surface area contributed by atoms with Crippen LogP contribution in [0.1, 0.15) is 0 Å². The maximum absolute atomic E-state index is 9.85. The fourth-order valence-corrected chi connectivity index (χ4v) is 4.32. The Morgan fingerprint density at radius 1 is 0.474 bits per heavy atom. The van der Waals surface area contributed by atoms with Crippen molar-refractivity contribution in [2.75, 3.05) is 11.8 Å². The zero-order valence-electron chi connectivity index (χ0n) is 8.41. The summed E-state index contributed by atoms with van der Waals surface area (Å²) in [5, 5.41) is 0. The van der Waals surface area contributed by atoms with E-state index in [2.05, 4.69) is 0 Å². The summed E-state index contributed by atoms with van der Waals surface area (Å²) < 4.78 is 39.4. The minimum atomic E-state index is -4.55. The number of hydrogen-bond donors (Lipinski definition) is 8. The molecule has 0 spiro atoms. The van der Waals surface area contributed by atoms with E-state index in [1.807, 2.05) is 0 Å². The van der Waals surface area contributed by atoms with Gasteiger partial charge in [-0.05, 0) is 0 Å². The van der Waals surface area contributed by atoms with Gasteiger partial charge in [-0.15, -0.1) is 0 Å². The van der Waals surface area contributed by atoms with Gasteiger partial charge < -0.3 is 39.1 Å². The molecule has 0 aliphatic carbocycles. The van der Waals surface area contributed by atoms with Gasteiger partial charge in [-0.2, -0.15) is 0 Å². The summed E-state index contributed by atoms with van der Waals surface area (Å²) in [5.41, 5.74) is 0. The van der Waals surface area contributed by atoms with Crippen LogP contribution in [0.3, 0.4) is 0 Å². The normalized spacial score (nSPS) is 13.1. The third-order valence-corrected chi connectivity index (χ3v) is 6.63. The van der Waals surface area contributed by atoms with Crippen LogP contribution in [0.5, 0.6) is 0 Å². The van der Waals surface area contributed by atoms with Gasteiger partial charge in [-0.25, -0.2) is 0 Å². The Morgan fingerprint density at radius 2 is 0.579 bits per heavy atom. The van der Waals surface area contributed by atoms with E-state index in [0.717, 1.165) is 0 Å². The molecule has 0 atom stereocenters. The van der Waals surface area contributed by atoms with Gasteiger partial charge in [0.15, 0.2) is 11.8 Å². The Balaban J connectivity index is -0.000000256. The van der Waals surface area contributed by atoms with Crippen LogP contribution in [0.15, 0.2) is 0 Å². The van der Waals surface area contributed by atoms with Crippen LogP contribution in [0, 0.1) is 0 Å². The molecule has 0 heterocycles. The molecule has 0 unspecified atom stereocenters. The molecule has 8 N–H and O–H groups in total. The molecule has 0 amide bonds. The topological polar surface area (TPSA) is 230 Å². The molecule has 0 rings (SSSR count).